The number of fused-ring (bicyclic) bond motifs is 5. The normalized spacial score (nSPS) is 44.0. The summed E-state index contributed by atoms with van der Waals surface area (Å²) in [7, 11) is 0. The standard InChI is InChI=1S/C30H47NO5/c1-28(2,3)36-27(35)31-15-19(16-31)7-6-18-10-12-29(4)22-11-13-30(5)21(8-9-24(30)33)25(22)26(34)20(17-32)23(29)14-18/h6,19-23,25-26,32,34H,7-17H2,1-5H3/b18-6+/t20-,21?,22?,23?,25?,26-,29-,30+/m1/s1. The van der Waals surface area contributed by atoms with E-state index < -0.39 is 11.7 Å². The fourth-order valence-corrected chi connectivity index (χ4v) is 9.02. The summed E-state index contributed by atoms with van der Waals surface area (Å²) in [5, 5.41) is 22.1. The molecule has 1 aliphatic heterocycles. The number of hydrogen-bond donors (Lipinski definition) is 2. The molecule has 0 aromatic heterocycles. The second-order valence-corrected chi connectivity index (χ2v) is 14.2. The fourth-order valence-electron chi connectivity index (χ4n) is 9.02. The maximum Gasteiger partial charge on any atom is 0.410 e. The molecule has 202 valence electrons. The van der Waals surface area contributed by atoms with Crippen LogP contribution in [-0.4, -0.2) is 58.4 Å². The maximum absolute atomic E-state index is 12.8. The van der Waals surface area contributed by atoms with Crippen molar-refractivity contribution in [2.45, 2.75) is 97.7 Å². The third-order valence-electron chi connectivity index (χ3n) is 11.1. The molecular formula is C30H47NO5. The van der Waals surface area contributed by atoms with E-state index in [2.05, 4.69) is 19.9 Å². The molecule has 0 radical (unpaired) electrons. The molecule has 6 heteroatoms. The minimum atomic E-state index is -0.526. The first-order valence-corrected chi connectivity index (χ1v) is 14.4. The highest BCUT2D eigenvalue weighted by atomic mass is 16.6. The van der Waals surface area contributed by atoms with E-state index in [1.165, 1.54) is 5.57 Å². The predicted octanol–water partition coefficient (Wildman–Crippen LogP) is 4.97. The summed E-state index contributed by atoms with van der Waals surface area (Å²) in [5.41, 5.74) is 0.816. The van der Waals surface area contributed by atoms with Gasteiger partial charge < -0.3 is 19.8 Å². The predicted molar refractivity (Wildman–Crippen MR) is 138 cm³/mol. The Morgan fingerprint density at radius 3 is 2.50 bits per heavy atom. The molecule has 1 heterocycles. The van der Waals surface area contributed by atoms with Crippen LogP contribution in [0.4, 0.5) is 4.79 Å². The van der Waals surface area contributed by atoms with Crippen LogP contribution >= 0.6 is 0 Å². The smallest absolute Gasteiger partial charge is 0.410 e. The van der Waals surface area contributed by atoms with Crippen LogP contribution in [0.25, 0.3) is 0 Å². The molecule has 5 rings (SSSR count). The highest BCUT2D eigenvalue weighted by Crippen LogP contribution is 2.67. The molecule has 0 spiro atoms. The molecule has 1 amide bonds. The minimum Gasteiger partial charge on any atom is -0.444 e. The summed E-state index contributed by atoms with van der Waals surface area (Å²) in [5.74, 6) is 1.84. The molecule has 1 saturated heterocycles. The van der Waals surface area contributed by atoms with E-state index in [4.69, 9.17) is 4.74 Å². The van der Waals surface area contributed by atoms with Gasteiger partial charge in [-0.15, -0.1) is 0 Å². The number of aliphatic hydroxyl groups excluding tert-OH is 2. The number of ether oxygens (including phenoxy) is 1. The maximum atomic E-state index is 12.8. The van der Waals surface area contributed by atoms with Crippen molar-refractivity contribution in [2.24, 2.45) is 46.3 Å². The highest BCUT2D eigenvalue weighted by Gasteiger charge is 2.64. The largest absolute Gasteiger partial charge is 0.444 e. The zero-order valence-corrected chi connectivity index (χ0v) is 23.0. The first-order valence-electron chi connectivity index (χ1n) is 14.4. The minimum absolute atomic E-state index is 0.0166. The van der Waals surface area contributed by atoms with Crippen molar-refractivity contribution >= 4 is 11.9 Å². The van der Waals surface area contributed by atoms with E-state index in [9.17, 15) is 19.8 Å². The summed E-state index contributed by atoms with van der Waals surface area (Å²) >= 11 is 0. The van der Waals surface area contributed by atoms with E-state index in [-0.39, 0.29) is 47.2 Å². The fraction of sp³-hybridized carbons (Fsp3) is 0.867. The third kappa shape index (κ3) is 4.24. The Morgan fingerprint density at radius 1 is 1.11 bits per heavy atom. The molecule has 4 saturated carbocycles. The number of carbonyl (C=O) groups is 2. The lowest BCUT2D eigenvalue weighted by molar-refractivity contribution is -0.191. The van der Waals surface area contributed by atoms with Gasteiger partial charge in [-0.05, 0) is 101 Å². The monoisotopic (exact) mass is 501 g/mol. The molecule has 4 unspecified atom stereocenters. The van der Waals surface area contributed by atoms with Crippen LogP contribution in [-0.2, 0) is 9.53 Å². The van der Waals surface area contributed by atoms with Crippen LogP contribution < -0.4 is 0 Å². The molecule has 5 fully saturated rings. The van der Waals surface area contributed by atoms with Crippen molar-refractivity contribution in [1.29, 1.82) is 0 Å². The number of Topliss-reactive ketones (excluding diaryl/α,β-unsaturated/α-hetero) is 1. The average Bonchev–Trinajstić information content (AvgIpc) is 3.07. The zero-order chi connectivity index (χ0) is 26.0. The van der Waals surface area contributed by atoms with Crippen molar-refractivity contribution in [3.8, 4) is 0 Å². The number of hydrogen-bond acceptors (Lipinski definition) is 5. The molecule has 4 aliphatic carbocycles. The number of carbonyl (C=O) groups excluding carboxylic acids is 2. The summed E-state index contributed by atoms with van der Waals surface area (Å²) in [6.07, 6.45) is 9.27. The Bertz CT molecular complexity index is 917. The van der Waals surface area contributed by atoms with Crippen LogP contribution in [0.5, 0.6) is 0 Å². The van der Waals surface area contributed by atoms with Gasteiger partial charge in [0.15, 0.2) is 0 Å². The molecule has 8 atom stereocenters. The van der Waals surface area contributed by atoms with Gasteiger partial charge in [-0.1, -0.05) is 25.5 Å². The number of rotatable bonds is 3. The van der Waals surface area contributed by atoms with Crippen LogP contribution in [0.1, 0.15) is 86.0 Å². The van der Waals surface area contributed by atoms with E-state index in [1.807, 2.05) is 20.8 Å². The van der Waals surface area contributed by atoms with Gasteiger partial charge in [0.1, 0.15) is 11.4 Å². The van der Waals surface area contributed by atoms with Crippen molar-refractivity contribution < 1.29 is 24.5 Å². The Labute approximate surface area is 216 Å². The Hall–Kier alpha value is -1.40. The van der Waals surface area contributed by atoms with Crippen molar-refractivity contribution in [3.63, 3.8) is 0 Å². The van der Waals surface area contributed by atoms with Crippen LogP contribution in [0.2, 0.25) is 0 Å². The first-order chi connectivity index (χ1) is 16.9. The zero-order valence-electron chi connectivity index (χ0n) is 23.0. The quantitative estimate of drug-likeness (QED) is 0.533. The first kappa shape index (κ1) is 26.2. The highest BCUT2D eigenvalue weighted by molar-refractivity contribution is 5.87. The number of aliphatic hydroxyl groups is 2. The van der Waals surface area contributed by atoms with Gasteiger partial charge in [0.2, 0.25) is 0 Å². The van der Waals surface area contributed by atoms with E-state index in [0.717, 1.165) is 58.0 Å². The molecule has 5 aliphatic rings. The average molecular weight is 502 g/mol. The van der Waals surface area contributed by atoms with Crippen molar-refractivity contribution in [2.75, 3.05) is 19.7 Å². The molecule has 0 aromatic carbocycles. The second kappa shape index (κ2) is 9.11. The summed E-state index contributed by atoms with van der Waals surface area (Å²) in [6.45, 7) is 11.8. The SMILES string of the molecule is CC(C)(C)OC(=O)N1CC(C/C=C2\CC[C@]3(C)C4CC[C@]5(C)C(=O)CCC5C4[C@H](O)[C@H](CO)C3C2)C1. The van der Waals surface area contributed by atoms with Gasteiger partial charge in [0.25, 0.3) is 0 Å². The number of allylic oxidation sites excluding steroid dienone is 2. The van der Waals surface area contributed by atoms with E-state index >= 15 is 0 Å². The topological polar surface area (TPSA) is 87.1 Å². The molecule has 0 aromatic rings. The van der Waals surface area contributed by atoms with E-state index in [0.29, 0.717) is 24.0 Å². The summed E-state index contributed by atoms with van der Waals surface area (Å²) in [4.78, 5) is 26.8. The summed E-state index contributed by atoms with van der Waals surface area (Å²) in [6, 6.07) is 0. The van der Waals surface area contributed by atoms with Gasteiger partial charge in [-0.3, -0.25) is 4.79 Å². The molecule has 6 nitrogen and oxygen atoms in total. The van der Waals surface area contributed by atoms with Crippen molar-refractivity contribution in [1.82, 2.24) is 4.90 Å². The number of ketones is 1. The van der Waals surface area contributed by atoms with Crippen LogP contribution in [0, 0.1) is 46.3 Å². The lowest BCUT2D eigenvalue weighted by atomic mass is 9.42. The van der Waals surface area contributed by atoms with Crippen LogP contribution in [0.15, 0.2) is 11.6 Å². The molecular weight excluding hydrogens is 454 g/mol. The van der Waals surface area contributed by atoms with E-state index in [1.54, 1.807) is 4.90 Å². The Kier molecular flexibility index (Phi) is 6.64. The van der Waals surface area contributed by atoms with Crippen molar-refractivity contribution in [3.05, 3.63) is 11.6 Å². The molecule has 2 N–H and O–H groups in total. The summed E-state index contributed by atoms with van der Waals surface area (Å²) < 4.78 is 5.48. The van der Waals surface area contributed by atoms with Gasteiger partial charge >= 0.3 is 6.09 Å². The number of nitrogens with zero attached hydrogens (tertiary/aromatic N) is 1. The van der Waals surface area contributed by atoms with Crippen LogP contribution in [0.3, 0.4) is 0 Å². The lowest BCUT2D eigenvalue weighted by Crippen LogP contribution is -2.62. The molecule has 36 heavy (non-hydrogen) atoms. The number of amides is 1. The number of likely N-dealkylation sites (tertiary alicyclic amines) is 1. The van der Waals surface area contributed by atoms with Gasteiger partial charge in [0.05, 0.1) is 6.10 Å². The molecule has 0 bridgehead atoms. The van der Waals surface area contributed by atoms with Gasteiger partial charge in [-0.2, -0.15) is 0 Å². The second-order valence-electron chi connectivity index (χ2n) is 14.2. The third-order valence-corrected chi connectivity index (χ3v) is 11.1. The Morgan fingerprint density at radius 2 is 1.83 bits per heavy atom. The Balaban J connectivity index is 1.25. The van der Waals surface area contributed by atoms with Gasteiger partial charge in [-0.25, -0.2) is 4.79 Å². The lowest BCUT2D eigenvalue weighted by Gasteiger charge is -2.63. The van der Waals surface area contributed by atoms with Gasteiger partial charge in [0, 0.05) is 37.5 Å².